The molecular formula is C20H23NO. The summed E-state index contributed by atoms with van der Waals surface area (Å²) in [6, 6.07) is 13.2. The number of rotatable bonds is 0. The van der Waals surface area contributed by atoms with Crippen molar-refractivity contribution in [2.75, 3.05) is 13.1 Å². The highest BCUT2D eigenvalue weighted by molar-refractivity contribution is 5.88. The molecule has 0 aromatic heterocycles. The Kier molecular flexibility index (Phi) is 2.78. The number of hydrogen-bond donors (Lipinski definition) is 0. The summed E-state index contributed by atoms with van der Waals surface area (Å²) in [7, 11) is 0. The fourth-order valence-electron chi connectivity index (χ4n) is 5.07. The first-order valence-corrected chi connectivity index (χ1v) is 8.81. The molecule has 0 bridgehead atoms. The molecule has 114 valence electrons. The zero-order valence-corrected chi connectivity index (χ0v) is 13.1. The minimum absolute atomic E-state index is 0.00591. The highest BCUT2D eigenvalue weighted by Crippen LogP contribution is 2.49. The van der Waals surface area contributed by atoms with Gasteiger partial charge in [-0.15, -0.1) is 0 Å². The van der Waals surface area contributed by atoms with E-state index in [2.05, 4.69) is 41.3 Å². The fraction of sp³-hybridized carbons (Fsp3) is 0.500. The molecule has 0 amide bonds. The first kappa shape index (κ1) is 13.0. The Morgan fingerprint density at radius 3 is 2.91 bits per heavy atom. The molecule has 0 radical (unpaired) electrons. The van der Waals surface area contributed by atoms with Gasteiger partial charge in [-0.25, -0.2) is 0 Å². The standard InChI is InChI=1S/C20H23NO/c1-2-8-17-15(6-1)9-10-19-18(17)14-16-7-5-13-21-12-4-3-11-20(16,21)22-19/h1-2,6,8-10,16H,3-5,7,11-14H2. The largest absolute Gasteiger partial charge is 0.472 e. The number of hydrogen-bond acceptors (Lipinski definition) is 2. The maximum absolute atomic E-state index is 6.76. The van der Waals surface area contributed by atoms with Crippen LogP contribution >= 0.6 is 0 Å². The molecule has 2 fully saturated rings. The van der Waals surface area contributed by atoms with Crippen LogP contribution in [-0.4, -0.2) is 23.7 Å². The first-order valence-electron chi connectivity index (χ1n) is 8.81. The van der Waals surface area contributed by atoms with Crippen LogP contribution in [-0.2, 0) is 6.42 Å². The highest BCUT2D eigenvalue weighted by atomic mass is 16.5. The summed E-state index contributed by atoms with van der Waals surface area (Å²) >= 11 is 0. The van der Waals surface area contributed by atoms with Gasteiger partial charge in [0.25, 0.3) is 0 Å². The van der Waals surface area contributed by atoms with Crippen molar-refractivity contribution in [1.29, 1.82) is 0 Å². The van der Waals surface area contributed by atoms with Crippen LogP contribution in [0.5, 0.6) is 5.75 Å². The van der Waals surface area contributed by atoms with Gasteiger partial charge < -0.3 is 4.74 Å². The summed E-state index contributed by atoms with van der Waals surface area (Å²) in [5, 5.41) is 2.74. The lowest BCUT2D eigenvalue weighted by Crippen LogP contribution is -2.64. The third kappa shape index (κ3) is 1.70. The van der Waals surface area contributed by atoms with Crippen molar-refractivity contribution in [3.8, 4) is 5.75 Å². The molecule has 2 aromatic carbocycles. The van der Waals surface area contributed by atoms with E-state index in [1.165, 1.54) is 68.0 Å². The molecule has 2 unspecified atom stereocenters. The molecule has 0 aliphatic carbocycles. The Balaban J connectivity index is 1.66. The number of nitrogens with zero attached hydrogens (tertiary/aromatic N) is 1. The van der Waals surface area contributed by atoms with Crippen molar-refractivity contribution in [1.82, 2.24) is 4.90 Å². The number of ether oxygens (including phenoxy) is 1. The molecule has 2 heteroatoms. The van der Waals surface area contributed by atoms with Crippen molar-refractivity contribution in [2.24, 2.45) is 5.92 Å². The van der Waals surface area contributed by atoms with Gasteiger partial charge in [-0.2, -0.15) is 0 Å². The van der Waals surface area contributed by atoms with E-state index in [0.717, 1.165) is 5.75 Å². The third-order valence-electron chi connectivity index (χ3n) is 6.10. The molecule has 5 rings (SSSR count). The second-order valence-electron chi connectivity index (χ2n) is 7.20. The number of benzene rings is 2. The molecule has 3 aliphatic rings. The van der Waals surface area contributed by atoms with E-state index >= 15 is 0 Å². The monoisotopic (exact) mass is 293 g/mol. The lowest BCUT2D eigenvalue weighted by Gasteiger charge is -2.56. The van der Waals surface area contributed by atoms with Crippen LogP contribution in [0.1, 0.15) is 37.7 Å². The Morgan fingerprint density at radius 2 is 1.91 bits per heavy atom. The van der Waals surface area contributed by atoms with Crippen LogP contribution in [0, 0.1) is 5.92 Å². The molecule has 0 saturated carbocycles. The van der Waals surface area contributed by atoms with Crippen LogP contribution in [0.2, 0.25) is 0 Å². The Morgan fingerprint density at radius 1 is 1.00 bits per heavy atom. The van der Waals surface area contributed by atoms with Crippen molar-refractivity contribution in [3.05, 3.63) is 42.0 Å². The van der Waals surface area contributed by atoms with E-state index in [9.17, 15) is 0 Å². The Labute approximate surface area is 132 Å². The van der Waals surface area contributed by atoms with Gasteiger partial charge >= 0.3 is 0 Å². The lowest BCUT2D eigenvalue weighted by molar-refractivity contribution is -0.177. The lowest BCUT2D eigenvalue weighted by atomic mass is 9.74. The summed E-state index contributed by atoms with van der Waals surface area (Å²) in [4.78, 5) is 2.66. The zero-order valence-electron chi connectivity index (χ0n) is 13.1. The summed E-state index contributed by atoms with van der Waals surface area (Å²) < 4.78 is 6.76. The van der Waals surface area contributed by atoms with E-state index in [4.69, 9.17) is 4.74 Å². The zero-order chi connectivity index (χ0) is 14.6. The van der Waals surface area contributed by atoms with Crippen molar-refractivity contribution < 1.29 is 4.74 Å². The van der Waals surface area contributed by atoms with Gasteiger partial charge in [-0.05, 0) is 48.9 Å². The maximum Gasteiger partial charge on any atom is 0.166 e. The smallest absolute Gasteiger partial charge is 0.166 e. The predicted octanol–water partition coefficient (Wildman–Crippen LogP) is 4.37. The molecule has 3 aliphatic heterocycles. The fourth-order valence-corrected chi connectivity index (χ4v) is 5.07. The summed E-state index contributed by atoms with van der Waals surface area (Å²) in [6.45, 7) is 2.44. The van der Waals surface area contributed by atoms with Crippen LogP contribution < -0.4 is 4.74 Å². The topological polar surface area (TPSA) is 12.5 Å². The minimum Gasteiger partial charge on any atom is -0.472 e. The van der Waals surface area contributed by atoms with Crippen LogP contribution in [0.3, 0.4) is 0 Å². The SMILES string of the molecule is c1ccc2c3c(ccc2c1)OC12CCCCN1CCCC2C3. The third-order valence-corrected chi connectivity index (χ3v) is 6.10. The van der Waals surface area contributed by atoms with E-state index in [0.29, 0.717) is 5.92 Å². The average molecular weight is 293 g/mol. The number of fused-ring (bicyclic) bond motifs is 3. The van der Waals surface area contributed by atoms with Crippen molar-refractivity contribution in [2.45, 2.75) is 44.2 Å². The summed E-state index contributed by atoms with van der Waals surface area (Å²) in [5.41, 5.74) is 1.45. The van der Waals surface area contributed by atoms with Crippen molar-refractivity contribution in [3.63, 3.8) is 0 Å². The van der Waals surface area contributed by atoms with E-state index in [1.54, 1.807) is 0 Å². The van der Waals surface area contributed by atoms with Gasteiger partial charge in [-0.3, -0.25) is 4.90 Å². The molecule has 1 spiro atoms. The molecule has 22 heavy (non-hydrogen) atoms. The second-order valence-corrected chi connectivity index (χ2v) is 7.20. The minimum atomic E-state index is 0.00591. The van der Waals surface area contributed by atoms with Gasteiger partial charge in [0, 0.05) is 31.0 Å². The second kappa shape index (κ2) is 4.73. The molecule has 2 atom stereocenters. The maximum atomic E-state index is 6.76. The molecule has 2 aromatic rings. The van der Waals surface area contributed by atoms with Gasteiger partial charge in [0.2, 0.25) is 0 Å². The van der Waals surface area contributed by atoms with Crippen LogP contribution in [0.25, 0.3) is 10.8 Å². The van der Waals surface area contributed by atoms with E-state index < -0.39 is 0 Å². The molecule has 2 nitrogen and oxygen atoms in total. The van der Waals surface area contributed by atoms with Gasteiger partial charge in [0.05, 0.1) is 0 Å². The number of piperidine rings is 2. The van der Waals surface area contributed by atoms with Crippen molar-refractivity contribution >= 4 is 10.8 Å². The van der Waals surface area contributed by atoms with Gasteiger partial charge in [0.1, 0.15) is 5.75 Å². The molecule has 2 saturated heterocycles. The van der Waals surface area contributed by atoms with E-state index in [-0.39, 0.29) is 5.72 Å². The Bertz CT molecular complexity index is 723. The molecular weight excluding hydrogens is 270 g/mol. The average Bonchev–Trinajstić information content (AvgIpc) is 2.58. The summed E-state index contributed by atoms with van der Waals surface area (Å²) in [5.74, 6) is 1.81. The molecule has 0 N–H and O–H groups in total. The predicted molar refractivity (Wildman–Crippen MR) is 89.2 cm³/mol. The van der Waals surface area contributed by atoms with E-state index in [1.807, 2.05) is 0 Å². The van der Waals surface area contributed by atoms with Crippen LogP contribution in [0.15, 0.2) is 36.4 Å². The summed E-state index contributed by atoms with van der Waals surface area (Å²) in [6.07, 6.45) is 7.70. The first-order chi connectivity index (χ1) is 10.9. The molecule has 3 heterocycles. The Hall–Kier alpha value is -1.54. The van der Waals surface area contributed by atoms with Crippen LogP contribution in [0.4, 0.5) is 0 Å². The van der Waals surface area contributed by atoms with Gasteiger partial charge in [-0.1, -0.05) is 30.3 Å². The normalized spacial score (nSPS) is 31.0. The quantitative estimate of drug-likeness (QED) is 0.715. The van der Waals surface area contributed by atoms with Gasteiger partial charge in [0.15, 0.2) is 5.72 Å². The highest BCUT2D eigenvalue weighted by Gasteiger charge is 2.51.